The zero-order valence-electron chi connectivity index (χ0n) is 12.7. The Balaban J connectivity index is 2.26. The third kappa shape index (κ3) is 2.10. The van der Waals surface area contributed by atoms with Crippen LogP contribution in [0.4, 0.5) is 0 Å². The van der Waals surface area contributed by atoms with Crippen LogP contribution < -0.4 is 0 Å². The van der Waals surface area contributed by atoms with Gasteiger partial charge in [-0.2, -0.15) is 0 Å². The summed E-state index contributed by atoms with van der Waals surface area (Å²) in [7, 11) is 0. The van der Waals surface area contributed by atoms with Gasteiger partial charge in [-0.05, 0) is 37.8 Å². The zero-order chi connectivity index (χ0) is 15.0. The minimum absolute atomic E-state index is 0.258. The number of phenols is 2. The van der Waals surface area contributed by atoms with E-state index in [-0.39, 0.29) is 5.41 Å². The molecule has 2 N–H and O–H groups in total. The van der Waals surface area contributed by atoms with Crippen LogP contribution in [0.25, 0.3) is 0 Å². The summed E-state index contributed by atoms with van der Waals surface area (Å²) in [5.41, 5.74) is 3.45. The molecule has 0 amide bonds. The van der Waals surface area contributed by atoms with E-state index >= 15 is 0 Å². The van der Waals surface area contributed by atoms with Crippen molar-refractivity contribution in [3.63, 3.8) is 0 Å². The molecule has 110 valence electrons. The normalized spacial score (nSPS) is 17.0. The van der Waals surface area contributed by atoms with Crippen molar-refractivity contribution >= 4 is 0 Å². The van der Waals surface area contributed by atoms with Crippen molar-refractivity contribution in [3.05, 3.63) is 58.7 Å². The Kier molecular flexibility index (Phi) is 3.40. The molecule has 2 heteroatoms. The first-order valence-corrected chi connectivity index (χ1v) is 7.64. The van der Waals surface area contributed by atoms with Gasteiger partial charge in [0.05, 0.1) is 0 Å². The molecule has 3 rings (SSSR count). The van der Waals surface area contributed by atoms with Crippen LogP contribution in [0.1, 0.15) is 47.9 Å². The van der Waals surface area contributed by atoms with E-state index in [1.54, 1.807) is 0 Å². The van der Waals surface area contributed by atoms with Gasteiger partial charge in [-0.25, -0.2) is 0 Å². The number of hydrogen-bond acceptors (Lipinski definition) is 2. The van der Waals surface area contributed by atoms with Crippen molar-refractivity contribution in [3.8, 4) is 11.5 Å². The molecule has 1 aliphatic carbocycles. The highest BCUT2D eigenvalue weighted by atomic mass is 16.3. The monoisotopic (exact) mass is 282 g/mol. The Hall–Kier alpha value is -1.96. The zero-order valence-corrected chi connectivity index (χ0v) is 12.7. The van der Waals surface area contributed by atoms with Crippen LogP contribution in [-0.4, -0.2) is 10.2 Å². The molecule has 2 nitrogen and oxygen atoms in total. The molecule has 0 aromatic heterocycles. The van der Waals surface area contributed by atoms with Crippen molar-refractivity contribution in [1.82, 2.24) is 0 Å². The molecular formula is C19H22O2. The van der Waals surface area contributed by atoms with E-state index in [0.29, 0.717) is 11.5 Å². The third-order valence-corrected chi connectivity index (χ3v) is 4.96. The minimum Gasteiger partial charge on any atom is -0.507 e. The van der Waals surface area contributed by atoms with Gasteiger partial charge in [0.2, 0.25) is 0 Å². The molecule has 1 saturated carbocycles. The quantitative estimate of drug-likeness (QED) is 0.846. The van der Waals surface area contributed by atoms with Crippen molar-refractivity contribution in [2.24, 2.45) is 0 Å². The highest BCUT2D eigenvalue weighted by Gasteiger charge is 2.41. The highest BCUT2D eigenvalue weighted by molar-refractivity contribution is 5.55. The fraction of sp³-hybridized carbons (Fsp3) is 0.368. The molecular weight excluding hydrogens is 260 g/mol. The lowest BCUT2D eigenvalue weighted by molar-refractivity contribution is 0.412. The second-order valence-corrected chi connectivity index (χ2v) is 6.23. The molecule has 0 heterocycles. The molecule has 0 atom stereocenters. The molecule has 0 unspecified atom stereocenters. The lowest BCUT2D eigenvalue weighted by Crippen LogP contribution is -2.24. The van der Waals surface area contributed by atoms with Crippen LogP contribution in [-0.2, 0) is 5.41 Å². The smallest absolute Gasteiger partial charge is 0.122 e. The van der Waals surface area contributed by atoms with Crippen LogP contribution in [0.2, 0.25) is 0 Å². The van der Waals surface area contributed by atoms with Crippen LogP contribution in [0.5, 0.6) is 11.5 Å². The van der Waals surface area contributed by atoms with Gasteiger partial charge < -0.3 is 10.2 Å². The minimum atomic E-state index is -0.258. The summed E-state index contributed by atoms with van der Waals surface area (Å²) in [4.78, 5) is 0. The number of aromatic hydroxyl groups is 2. The first-order chi connectivity index (χ1) is 10.1. The summed E-state index contributed by atoms with van der Waals surface area (Å²) >= 11 is 0. The second kappa shape index (κ2) is 5.10. The van der Waals surface area contributed by atoms with E-state index in [0.717, 1.165) is 47.9 Å². The molecule has 21 heavy (non-hydrogen) atoms. The average molecular weight is 282 g/mol. The van der Waals surface area contributed by atoms with Gasteiger partial charge in [0.15, 0.2) is 0 Å². The van der Waals surface area contributed by atoms with E-state index in [9.17, 15) is 10.2 Å². The Labute approximate surface area is 126 Å². The van der Waals surface area contributed by atoms with Gasteiger partial charge in [-0.15, -0.1) is 0 Å². The summed E-state index contributed by atoms with van der Waals surface area (Å²) in [6.07, 6.45) is 4.20. The second-order valence-electron chi connectivity index (χ2n) is 6.23. The van der Waals surface area contributed by atoms with Gasteiger partial charge in [0.1, 0.15) is 11.5 Å². The van der Waals surface area contributed by atoms with E-state index in [2.05, 4.69) is 0 Å². The van der Waals surface area contributed by atoms with Gasteiger partial charge in [-0.1, -0.05) is 49.2 Å². The molecule has 1 aliphatic rings. The largest absolute Gasteiger partial charge is 0.507 e. The van der Waals surface area contributed by atoms with E-state index in [1.165, 1.54) is 0 Å². The van der Waals surface area contributed by atoms with Crippen molar-refractivity contribution in [1.29, 1.82) is 0 Å². The van der Waals surface area contributed by atoms with Gasteiger partial charge in [0.25, 0.3) is 0 Å². The topological polar surface area (TPSA) is 40.5 Å². The van der Waals surface area contributed by atoms with E-state index in [1.807, 2.05) is 50.2 Å². The summed E-state index contributed by atoms with van der Waals surface area (Å²) < 4.78 is 0. The number of rotatable bonds is 2. The van der Waals surface area contributed by atoms with Crippen molar-refractivity contribution in [2.45, 2.75) is 44.9 Å². The van der Waals surface area contributed by atoms with Crippen molar-refractivity contribution in [2.75, 3.05) is 0 Å². The fourth-order valence-electron chi connectivity index (χ4n) is 3.75. The highest BCUT2D eigenvalue weighted by Crippen LogP contribution is 2.52. The van der Waals surface area contributed by atoms with Crippen LogP contribution >= 0.6 is 0 Å². The molecule has 2 aromatic carbocycles. The molecule has 2 aromatic rings. The lowest BCUT2D eigenvalue weighted by Gasteiger charge is -2.32. The van der Waals surface area contributed by atoms with E-state index in [4.69, 9.17) is 0 Å². The predicted molar refractivity (Wildman–Crippen MR) is 84.9 cm³/mol. The summed E-state index contributed by atoms with van der Waals surface area (Å²) in [5.74, 6) is 0.751. The molecule has 0 saturated heterocycles. The van der Waals surface area contributed by atoms with Gasteiger partial charge in [-0.3, -0.25) is 0 Å². The third-order valence-electron chi connectivity index (χ3n) is 4.96. The Morgan fingerprint density at radius 2 is 1.19 bits per heavy atom. The molecule has 0 spiro atoms. The van der Waals surface area contributed by atoms with Crippen LogP contribution in [0, 0.1) is 13.8 Å². The van der Waals surface area contributed by atoms with Crippen LogP contribution in [0.15, 0.2) is 36.4 Å². The average Bonchev–Trinajstić information content (AvgIpc) is 2.95. The number of aryl methyl sites for hydroxylation is 2. The maximum Gasteiger partial charge on any atom is 0.122 e. The Morgan fingerprint density at radius 1 is 0.762 bits per heavy atom. The summed E-state index contributed by atoms with van der Waals surface area (Å²) in [6, 6.07) is 11.9. The van der Waals surface area contributed by atoms with Crippen LogP contribution in [0.3, 0.4) is 0 Å². The van der Waals surface area contributed by atoms with E-state index < -0.39 is 0 Å². The molecule has 1 fully saturated rings. The molecule has 0 radical (unpaired) electrons. The number of para-hydroxylation sites is 2. The maximum absolute atomic E-state index is 10.6. The summed E-state index contributed by atoms with van der Waals surface area (Å²) in [6.45, 7) is 3.86. The summed E-state index contributed by atoms with van der Waals surface area (Å²) in [5, 5.41) is 21.1. The van der Waals surface area contributed by atoms with Gasteiger partial charge in [0, 0.05) is 16.5 Å². The predicted octanol–water partition coefficient (Wildman–Crippen LogP) is 4.57. The first-order valence-electron chi connectivity index (χ1n) is 7.64. The maximum atomic E-state index is 10.6. The Bertz CT molecular complexity index is 614. The number of phenolic OH excluding ortho intramolecular Hbond substituents is 2. The molecule has 0 bridgehead atoms. The van der Waals surface area contributed by atoms with Gasteiger partial charge >= 0.3 is 0 Å². The molecule has 0 aliphatic heterocycles. The number of benzene rings is 2. The Morgan fingerprint density at radius 3 is 1.62 bits per heavy atom. The SMILES string of the molecule is Cc1cccc(C2(c3cccc(C)c3O)CCCC2)c1O. The standard InChI is InChI=1S/C19H22O2/c1-13-7-5-9-15(17(13)20)19(11-3-4-12-19)16-10-6-8-14(2)18(16)21/h5-10,20-21H,3-4,11-12H2,1-2H3. The fourth-order valence-corrected chi connectivity index (χ4v) is 3.75. The first kappa shape index (κ1) is 14.0. The number of hydrogen-bond donors (Lipinski definition) is 2. The van der Waals surface area contributed by atoms with Crippen molar-refractivity contribution < 1.29 is 10.2 Å². The lowest BCUT2D eigenvalue weighted by atomic mass is 9.71.